The van der Waals surface area contributed by atoms with Crippen LogP contribution in [0.25, 0.3) is 0 Å². The largest absolute Gasteiger partial charge is 0.492 e. The number of halogens is 4. The molecule has 0 N–H and O–H groups in total. The van der Waals surface area contributed by atoms with Gasteiger partial charge in [0.15, 0.2) is 0 Å². The fourth-order valence-electron chi connectivity index (χ4n) is 0.990. The fraction of sp³-hybridized carbons (Fsp3) is 0.333. The summed E-state index contributed by atoms with van der Waals surface area (Å²) in [4.78, 5) is 0. The van der Waals surface area contributed by atoms with Crippen LogP contribution in [0.3, 0.4) is 0 Å². The maximum atomic E-state index is 11.9. The van der Waals surface area contributed by atoms with Crippen LogP contribution in [-0.4, -0.2) is 13.2 Å². The normalized spacial score (nSPS) is 10.5. The Morgan fingerprint density at radius 3 is 2.20 bits per heavy atom. The van der Waals surface area contributed by atoms with Crippen LogP contribution in [0.4, 0.5) is 8.78 Å². The van der Waals surface area contributed by atoms with E-state index >= 15 is 0 Å². The monoisotopic (exact) mass is 344 g/mol. The molecule has 1 rings (SSSR count). The first kappa shape index (κ1) is 12.7. The average molecular weight is 346 g/mol. The minimum atomic E-state index is -2.83. The van der Waals surface area contributed by atoms with E-state index < -0.39 is 6.61 Å². The Hall–Kier alpha value is -0.360. The highest BCUT2D eigenvalue weighted by Crippen LogP contribution is 2.37. The molecule has 0 radical (unpaired) electrons. The van der Waals surface area contributed by atoms with Crippen LogP contribution in [0.1, 0.15) is 6.92 Å². The Labute approximate surface area is 103 Å². The second kappa shape index (κ2) is 5.65. The second-order valence-electron chi connectivity index (χ2n) is 2.53. The standard InChI is InChI=1S/C9H8Br2F2O2/c1-2-14-8-6(10)3-5(4-7(8)11)15-9(12)13/h3-4,9H,2H2,1H3. The molecule has 0 bridgehead atoms. The highest BCUT2D eigenvalue weighted by atomic mass is 79.9. The molecule has 0 heterocycles. The van der Waals surface area contributed by atoms with Gasteiger partial charge in [0, 0.05) is 0 Å². The number of ether oxygens (including phenoxy) is 2. The van der Waals surface area contributed by atoms with Crippen molar-refractivity contribution in [1.82, 2.24) is 0 Å². The predicted octanol–water partition coefficient (Wildman–Crippen LogP) is 4.21. The van der Waals surface area contributed by atoms with Gasteiger partial charge in [-0.25, -0.2) is 0 Å². The molecule has 0 unspecified atom stereocenters. The van der Waals surface area contributed by atoms with E-state index in [9.17, 15) is 8.78 Å². The molecule has 0 aliphatic carbocycles. The van der Waals surface area contributed by atoms with Gasteiger partial charge < -0.3 is 9.47 Å². The van der Waals surface area contributed by atoms with E-state index in [2.05, 4.69) is 36.6 Å². The minimum Gasteiger partial charge on any atom is -0.492 e. The minimum absolute atomic E-state index is 0.0761. The summed E-state index contributed by atoms with van der Waals surface area (Å²) in [7, 11) is 0. The first-order chi connectivity index (χ1) is 7.04. The van der Waals surface area contributed by atoms with E-state index in [1.165, 1.54) is 12.1 Å². The van der Waals surface area contributed by atoms with Crippen molar-refractivity contribution in [2.75, 3.05) is 6.61 Å². The molecule has 1 aromatic rings. The summed E-state index contributed by atoms with van der Waals surface area (Å²) in [6.07, 6.45) is 0. The van der Waals surface area contributed by atoms with Gasteiger partial charge in [-0.3, -0.25) is 0 Å². The van der Waals surface area contributed by atoms with Gasteiger partial charge in [-0.15, -0.1) is 0 Å². The number of rotatable bonds is 4. The Kier molecular flexibility index (Phi) is 4.79. The quantitative estimate of drug-likeness (QED) is 0.813. The summed E-state index contributed by atoms with van der Waals surface area (Å²) in [6, 6.07) is 2.86. The average Bonchev–Trinajstić information content (AvgIpc) is 2.10. The third kappa shape index (κ3) is 3.61. The molecule has 0 fully saturated rings. The molecule has 84 valence electrons. The summed E-state index contributed by atoms with van der Waals surface area (Å²) in [5.74, 6) is 0.645. The van der Waals surface area contributed by atoms with Crippen molar-refractivity contribution < 1.29 is 18.3 Å². The summed E-state index contributed by atoms with van der Waals surface area (Å²) in [5.41, 5.74) is 0. The van der Waals surface area contributed by atoms with E-state index in [1.54, 1.807) is 0 Å². The highest BCUT2D eigenvalue weighted by Gasteiger charge is 2.11. The predicted molar refractivity (Wildman–Crippen MR) is 59.6 cm³/mol. The van der Waals surface area contributed by atoms with Crippen molar-refractivity contribution in [3.63, 3.8) is 0 Å². The molecule has 0 aromatic heterocycles. The topological polar surface area (TPSA) is 18.5 Å². The van der Waals surface area contributed by atoms with E-state index in [-0.39, 0.29) is 5.75 Å². The van der Waals surface area contributed by atoms with Crippen molar-refractivity contribution in [3.8, 4) is 11.5 Å². The summed E-state index contributed by atoms with van der Waals surface area (Å²) >= 11 is 6.42. The molecule has 0 aliphatic rings. The Balaban J connectivity index is 2.97. The van der Waals surface area contributed by atoms with E-state index in [0.717, 1.165) is 0 Å². The molecule has 1 aromatic carbocycles. The van der Waals surface area contributed by atoms with E-state index in [4.69, 9.17) is 4.74 Å². The van der Waals surface area contributed by atoms with Gasteiger partial charge >= 0.3 is 6.61 Å². The molecule has 0 spiro atoms. The lowest BCUT2D eigenvalue weighted by Gasteiger charge is -2.11. The molecule has 0 aliphatic heterocycles. The summed E-state index contributed by atoms with van der Waals surface area (Å²) in [5, 5.41) is 0. The van der Waals surface area contributed by atoms with E-state index in [0.29, 0.717) is 21.3 Å². The van der Waals surface area contributed by atoms with Crippen molar-refractivity contribution >= 4 is 31.9 Å². The second-order valence-corrected chi connectivity index (χ2v) is 4.24. The first-order valence-corrected chi connectivity index (χ1v) is 5.69. The summed E-state index contributed by atoms with van der Waals surface area (Å²) < 4.78 is 34.6. The summed E-state index contributed by atoms with van der Waals surface area (Å²) in [6.45, 7) is -0.504. The molecule has 2 nitrogen and oxygen atoms in total. The molecule has 0 saturated carbocycles. The van der Waals surface area contributed by atoms with Crippen LogP contribution in [0, 0.1) is 0 Å². The van der Waals surface area contributed by atoms with Gasteiger partial charge in [-0.05, 0) is 50.9 Å². The van der Waals surface area contributed by atoms with Gasteiger partial charge in [-0.2, -0.15) is 8.78 Å². The fourth-order valence-corrected chi connectivity index (χ4v) is 2.36. The van der Waals surface area contributed by atoms with Crippen LogP contribution in [0.2, 0.25) is 0 Å². The first-order valence-electron chi connectivity index (χ1n) is 4.11. The number of benzene rings is 1. The highest BCUT2D eigenvalue weighted by molar-refractivity contribution is 9.11. The van der Waals surface area contributed by atoms with Crippen molar-refractivity contribution in [3.05, 3.63) is 21.1 Å². The van der Waals surface area contributed by atoms with Crippen LogP contribution in [-0.2, 0) is 0 Å². The number of hydrogen-bond acceptors (Lipinski definition) is 2. The zero-order valence-electron chi connectivity index (χ0n) is 7.77. The molecule has 0 amide bonds. The van der Waals surface area contributed by atoms with Crippen molar-refractivity contribution in [2.24, 2.45) is 0 Å². The van der Waals surface area contributed by atoms with Crippen LogP contribution >= 0.6 is 31.9 Å². The lowest BCUT2D eigenvalue weighted by molar-refractivity contribution is -0.0499. The van der Waals surface area contributed by atoms with Crippen LogP contribution < -0.4 is 9.47 Å². The van der Waals surface area contributed by atoms with Crippen LogP contribution in [0.5, 0.6) is 11.5 Å². The van der Waals surface area contributed by atoms with Gasteiger partial charge in [0.25, 0.3) is 0 Å². The zero-order chi connectivity index (χ0) is 11.4. The Morgan fingerprint density at radius 1 is 1.27 bits per heavy atom. The Bertz CT molecular complexity index is 322. The van der Waals surface area contributed by atoms with Gasteiger partial charge in [0.2, 0.25) is 0 Å². The third-order valence-corrected chi connectivity index (χ3v) is 2.66. The number of alkyl halides is 2. The maximum Gasteiger partial charge on any atom is 0.387 e. The van der Waals surface area contributed by atoms with Crippen LogP contribution in [0.15, 0.2) is 21.1 Å². The number of hydrogen-bond donors (Lipinski definition) is 0. The van der Waals surface area contributed by atoms with E-state index in [1.807, 2.05) is 6.92 Å². The molecule has 0 atom stereocenters. The molecule has 0 saturated heterocycles. The SMILES string of the molecule is CCOc1c(Br)cc(OC(F)F)cc1Br. The molecular weight excluding hydrogens is 338 g/mol. The van der Waals surface area contributed by atoms with Gasteiger partial charge in [-0.1, -0.05) is 0 Å². The third-order valence-electron chi connectivity index (χ3n) is 1.49. The van der Waals surface area contributed by atoms with Gasteiger partial charge in [0.05, 0.1) is 15.6 Å². The van der Waals surface area contributed by atoms with Crippen molar-refractivity contribution in [1.29, 1.82) is 0 Å². The lowest BCUT2D eigenvalue weighted by Crippen LogP contribution is -2.02. The smallest absolute Gasteiger partial charge is 0.387 e. The van der Waals surface area contributed by atoms with Gasteiger partial charge in [0.1, 0.15) is 11.5 Å². The maximum absolute atomic E-state index is 11.9. The molecule has 6 heteroatoms. The Morgan fingerprint density at radius 2 is 1.80 bits per heavy atom. The molecular formula is C9H8Br2F2O2. The lowest BCUT2D eigenvalue weighted by atomic mass is 10.3. The zero-order valence-corrected chi connectivity index (χ0v) is 10.9. The molecule has 15 heavy (non-hydrogen) atoms. The van der Waals surface area contributed by atoms with Crippen molar-refractivity contribution in [2.45, 2.75) is 13.5 Å².